The first kappa shape index (κ1) is 70.3. The minimum Gasteiger partial charge on any atom is -0.493 e. The van der Waals surface area contributed by atoms with E-state index in [0.29, 0.717) is 134 Å². The number of unbranched alkanes of at least 4 members (excludes halogenated alkanes) is 18. The molecular weight excluding hydrogens is 1010 g/mol. The van der Waals surface area contributed by atoms with Gasteiger partial charge in [-0.05, 0) is 38.3 Å². The fourth-order valence-electron chi connectivity index (χ4n) is 7.22. The van der Waals surface area contributed by atoms with E-state index in [0.717, 1.165) is 25.7 Å². The van der Waals surface area contributed by atoms with E-state index in [1.807, 2.05) is 6.07 Å². The van der Waals surface area contributed by atoms with Crippen molar-refractivity contribution in [2.45, 2.75) is 162 Å². The summed E-state index contributed by atoms with van der Waals surface area (Å²) in [7, 11) is -0.898. The maximum Gasteiger partial charge on any atom is 0.369 e. The number of hydrogen-bond donors (Lipinski definition) is 0. The van der Waals surface area contributed by atoms with Crippen LogP contribution in [-0.4, -0.2) is 155 Å². The summed E-state index contributed by atoms with van der Waals surface area (Å²) < 4.78 is 90.6. The number of carbonyl (C=O) groups excluding carboxylic acids is 2. The molecule has 0 aliphatic heterocycles. The van der Waals surface area contributed by atoms with Crippen LogP contribution in [0.1, 0.15) is 172 Å². The monoisotopic (exact) mass is 1110 g/mol. The molecule has 1 aromatic carbocycles. The van der Waals surface area contributed by atoms with Crippen molar-refractivity contribution in [3.05, 3.63) is 23.8 Å². The molecule has 1 aromatic rings. The summed E-state index contributed by atoms with van der Waals surface area (Å²) in [5, 5.41) is 0. The van der Waals surface area contributed by atoms with Gasteiger partial charge in [-0.1, -0.05) is 151 Å². The molecule has 0 saturated carbocycles. The third-order valence-electron chi connectivity index (χ3n) is 11.3. The van der Waals surface area contributed by atoms with Crippen molar-refractivity contribution in [2.75, 3.05) is 143 Å². The lowest BCUT2D eigenvalue weighted by molar-refractivity contribution is -0.143. The highest BCUT2D eigenvalue weighted by Gasteiger charge is 2.20. The molecule has 0 N–H and O–H groups in total. The molecule has 1 unspecified atom stereocenters. The van der Waals surface area contributed by atoms with Gasteiger partial charge in [-0.25, -0.2) is 4.79 Å². The summed E-state index contributed by atoms with van der Waals surface area (Å²) in [6, 6.07) is 5.42. The van der Waals surface area contributed by atoms with Crippen LogP contribution < -0.4 is 9.47 Å². The lowest BCUT2D eigenvalue weighted by atomic mass is 10.1. The van der Waals surface area contributed by atoms with Crippen LogP contribution in [0.5, 0.6) is 11.5 Å². The van der Waals surface area contributed by atoms with E-state index in [4.69, 9.17) is 52.1 Å². The quantitative estimate of drug-likeness (QED) is 0.0262. The Bertz CT molecular complexity index is 1410. The van der Waals surface area contributed by atoms with Gasteiger partial charge in [0.1, 0.15) is 24.7 Å². The van der Waals surface area contributed by atoms with Crippen molar-refractivity contribution in [1.29, 1.82) is 0 Å². The number of rotatable bonds is 59. The molecule has 0 amide bonds. The maximum atomic E-state index is 13.4. The molecule has 1 atom stereocenters. The standard InChI is InChI=1S/C55H100FO15PS2/c1-4-7-9-11-13-15-17-19-21-23-28-67-52-48-51(49-53(50-52)68-29-24-22-20-18-16-14-12-10-8-5-2)55(58)70-44-47-74-73-46-43-69-54(57)26-25-27-60-30-31-61-32-33-62-34-35-63-36-37-64-38-39-65-40-41-66-42-45-72(56,59)71-6-3/h48-50H,4-47H2,1-3H3. The average Bonchev–Trinajstić information content (AvgIpc) is 3.39. The molecule has 0 saturated heterocycles. The molecule has 19 heteroatoms. The van der Waals surface area contributed by atoms with Gasteiger partial charge in [-0.15, -0.1) is 0 Å². The topological polar surface area (TPSA) is 162 Å². The van der Waals surface area contributed by atoms with E-state index < -0.39 is 13.6 Å². The third-order valence-corrected chi connectivity index (χ3v) is 15.0. The summed E-state index contributed by atoms with van der Waals surface area (Å²) in [4.78, 5) is 25.3. The van der Waals surface area contributed by atoms with Gasteiger partial charge < -0.3 is 56.6 Å². The third kappa shape index (κ3) is 48.7. The van der Waals surface area contributed by atoms with E-state index in [9.17, 15) is 18.4 Å². The summed E-state index contributed by atoms with van der Waals surface area (Å²) in [5.74, 6) is 1.87. The van der Waals surface area contributed by atoms with E-state index in [1.54, 1.807) is 40.6 Å². The molecule has 0 spiro atoms. The molecule has 0 radical (unpaired) electrons. The normalized spacial score (nSPS) is 12.3. The summed E-state index contributed by atoms with van der Waals surface area (Å²) in [5.41, 5.74) is 0.432. The predicted molar refractivity (Wildman–Crippen MR) is 297 cm³/mol. The van der Waals surface area contributed by atoms with Gasteiger partial charge in [0.15, 0.2) is 0 Å². The van der Waals surface area contributed by atoms with Crippen LogP contribution in [0.25, 0.3) is 0 Å². The minimum atomic E-state index is -4.05. The Morgan fingerprint density at radius 3 is 1.20 bits per heavy atom. The Kier molecular flexibility index (Phi) is 51.9. The number of carbonyl (C=O) groups is 2. The Labute approximate surface area is 454 Å². The van der Waals surface area contributed by atoms with Gasteiger partial charge >= 0.3 is 19.6 Å². The maximum absolute atomic E-state index is 13.4. The molecule has 0 fully saturated rings. The number of esters is 2. The zero-order valence-electron chi connectivity index (χ0n) is 46.1. The average molecular weight is 1120 g/mol. The molecule has 1 rings (SSSR count). The first-order chi connectivity index (χ1) is 36.3. The number of hydrogen-bond acceptors (Lipinski definition) is 17. The SMILES string of the molecule is CCCCCCCCCCCCOc1cc(OCCCCCCCCCCCC)cc(C(=O)OCCSSCCOC(=O)CCCOCCOCCOCCOCCOCCOCCOCCP(=O)(F)OCC)c1. The molecule has 74 heavy (non-hydrogen) atoms. The second kappa shape index (κ2) is 54.6. The van der Waals surface area contributed by atoms with Crippen LogP contribution >= 0.6 is 29.3 Å². The summed E-state index contributed by atoms with van der Waals surface area (Å²) in [6.07, 6.45) is 25.8. The lowest BCUT2D eigenvalue weighted by Gasteiger charge is -2.13. The van der Waals surface area contributed by atoms with E-state index in [2.05, 4.69) is 18.4 Å². The Morgan fingerprint density at radius 1 is 0.432 bits per heavy atom. The van der Waals surface area contributed by atoms with E-state index in [-0.39, 0.29) is 45.0 Å². The Balaban J connectivity index is 2.08. The highest BCUT2D eigenvalue weighted by molar-refractivity contribution is 8.76. The van der Waals surface area contributed by atoms with E-state index in [1.165, 1.54) is 103 Å². The van der Waals surface area contributed by atoms with Crippen LogP contribution in [0, 0.1) is 0 Å². The van der Waals surface area contributed by atoms with Crippen LogP contribution in [0.3, 0.4) is 0 Å². The molecule has 0 aliphatic rings. The van der Waals surface area contributed by atoms with Gasteiger partial charge in [-0.2, -0.15) is 4.20 Å². The molecular formula is C55H100FO15PS2. The molecule has 15 nitrogen and oxygen atoms in total. The van der Waals surface area contributed by atoms with Gasteiger partial charge in [0.2, 0.25) is 0 Å². The zero-order chi connectivity index (χ0) is 53.5. The molecule has 0 aromatic heterocycles. The van der Waals surface area contributed by atoms with Crippen molar-refractivity contribution >= 4 is 41.2 Å². The van der Waals surface area contributed by atoms with Crippen LogP contribution in [-0.2, 0) is 56.5 Å². The Morgan fingerprint density at radius 2 is 0.797 bits per heavy atom. The van der Waals surface area contributed by atoms with Crippen molar-refractivity contribution in [1.82, 2.24) is 0 Å². The largest absolute Gasteiger partial charge is 0.493 e. The number of halogens is 1. The predicted octanol–water partition coefficient (Wildman–Crippen LogP) is 13.5. The van der Waals surface area contributed by atoms with Gasteiger partial charge in [-0.3, -0.25) is 9.36 Å². The second-order valence-corrected chi connectivity index (χ2v) is 22.5. The van der Waals surface area contributed by atoms with Crippen molar-refractivity contribution in [3.63, 3.8) is 0 Å². The van der Waals surface area contributed by atoms with Crippen LogP contribution in [0.15, 0.2) is 18.2 Å². The minimum absolute atomic E-state index is 0.0135. The zero-order valence-corrected chi connectivity index (χ0v) is 48.6. The first-order valence-corrected chi connectivity index (χ1v) is 32.4. The highest BCUT2D eigenvalue weighted by Crippen LogP contribution is 2.47. The van der Waals surface area contributed by atoms with Crippen molar-refractivity contribution in [3.8, 4) is 11.5 Å². The van der Waals surface area contributed by atoms with Crippen molar-refractivity contribution in [2.24, 2.45) is 0 Å². The smallest absolute Gasteiger partial charge is 0.369 e. The lowest BCUT2D eigenvalue weighted by Crippen LogP contribution is -2.15. The Hall–Kier alpha value is -1.70. The summed E-state index contributed by atoms with van der Waals surface area (Å²) >= 11 is 0. The van der Waals surface area contributed by atoms with Crippen LogP contribution in [0.2, 0.25) is 0 Å². The fourth-order valence-corrected chi connectivity index (χ4v) is 9.73. The highest BCUT2D eigenvalue weighted by atomic mass is 33.1. The van der Waals surface area contributed by atoms with Gasteiger partial charge in [0.25, 0.3) is 0 Å². The second-order valence-electron chi connectivity index (χ2n) is 17.9. The van der Waals surface area contributed by atoms with Crippen LogP contribution in [0.4, 0.5) is 4.20 Å². The summed E-state index contributed by atoms with van der Waals surface area (Å²) in [6.45, 7) is 13.3. The number of ether oxygens (including phenoxy) is 11. The molecule has 434 valence electrons. The molecule has 0 heterocycles. The number of benzene rings is 1. The van der Waals surface area contributed by atoms with Gasteiger partial charge in [0.05, 0.1) is 117 Å². The van der Waals surface area contributed by atoms with E-state index >= 15 is 0 Å². The van der Waals surface area contributed by atoms with Crippen molar-refractivity contribution < 1.29 is 75.0 Å². The molecule has 0 bridgehead atoms. The molecule has 0 aliphatic carbocycles. The fraction of sp³-hybridized carbons (Fsp3) is 0.855. The van der Waals surface area contributed by atoms with Gasteiger partial charge in [0, 0.05) is 30.6 Å². The first-order valence-electron chi connectivity index (χ1n) is 28.3.